The number of rotatable bonds is 3. The van der Waals surface area contributed by atoms with Crippen molar-refractivity contribution in [3.8, 4) is 5.82 Å². The lowest BCUT2D eigenvalue weighted by atomic mass is 10.2. The van der Waals surface area contributed by atoms with Gasteiger partial charge in [0.1, 0.15) is 17.3 Å². The zero-order valence-electron chi connectivity index (χ0n) is 12.0. The minimum atomic E-state index is -1.04. The van der Waals surface area contributed by atoms with Gasteiger partial charge in [0, 0.05) is 30.3 Å². The van der Waals surface area contributed by atoms with Gasteiger partial charge < -0.3 is 5.11 Å². The molecule has 0 saturated heterocycles. The largest absolute Gasteiger partial charge is 0.478 e. The Labute approximate surface area is 125 Å². The molecule has 3 heterocycles. The minimum absolute atomic E-state index is 0.405. The van der Waals surface area contributed by atoms with Crippen LogP contribution in [0, 0.1) is 12.7 Å². The van der Waals surface area contributed by atoms with E-state index in [9.17, 15) is 9.18 Å². The van der Waals surface area contributed by atoms with E-state index in [-0.39, 0.29) is 0 Å². The molecule has 0 spiro atoms. The summed E-state index contributed by atoms with van der Waals surface area (Å²) in [5.74, 6) is -0.770. The zero-order valence-corrected chi connectivity index (χ0v) is 12.0. The maximum Gasteiger partial charge on any atom is 0.328 e. The van der Waals surface area contributed by atoms with E-state index >= 15 is 0 Å². The quantitative estimate of drug-likeness (QED) is 0.753. The maximum absolute atomic E-state index is 13.3. The zero-order chi connectivity index (χ0) is 15.9. The Morgan fingerprint density at radius 1 is 1.45 bits per heavy atom. The third-order valence-corrected chi connectivity index (χ3v) is 3.35. The molecular formula is C15H13FN4O2. The summed E-state index contributed by atoms with van der Waals surface area (Å²) in [7, 11) is 1.76. The van der Waals surface area contributed by atoms with Crippen LogP contribution in [0.3, 0.4) is 0 Å². The van der Waals surface area contributed by atoms with E-state index < -0.39 is 11.8 Å². The number of hydrogen-bond donors (Lipinski definition) is 1. The van der Waals surface area contributed by atoms with Crippen LogP contribution in [0.15, 0.2) is 30.6 Å². The second-order valence-corrected chi connectivity index (χ2v) is 4.87. The Kier molecular flexibility index (Phi) is 3.25. The van der Waals surface area contributed by atoms with Gasteiger partial charge in [0.2, 0.25) is 0 Å². The Balaban J connectivity index is 2.24. The molecular weight excluding hydrogens is 287 g/mol. The average Bonchev–Trinajstić information content (AvgIpc) is 2.96. The van der Waals surface area contributed by atoms with Gasteiger partial charge in [-0.3, -0.25) is 9.25 Å². The van der Waals surface area contributed by atoms with Crippen molar-refractivity contribution in [2.24, 2.45) is 7.05 Å². The molecule has 3 aromatic rings. The summed E-state index contributed by atoms with van der Waals surface area (Å²) in [6, 6.07) is 3.15. The number of nitrogens with zero attached hydrogens (tertiary/aromatic N) is 4. The molecule has 22 heavy (non-hydrogen) atoms. The first kappa shape index (κ1) is 14.0. The van der Waals surface area contributed by atoms with Crippen LogP contribution in [-0.2, 0) is 11.8 Å². The van der Waals surface area contributed by atoms with Crippen LogP contribution >= 0.6 is 0 Å². The molecule has 0 atom stereocenters. The molecule has 0 radical (unpaired) electrons. The summed E-state index contributed by atoms with van der Waals surface area (Å²) < 4.78 is 16.7. The summed E-state index contributed by atoms with van der Waals surface area (Å²) in [6.45, 7) is 1.80. The molecule has 112 valence electrons. The van der Waals surface area contributed by atoms with Crippen LogP contribution < -0.4 is 0 Å². The fraction of sp³-hybridized carbons (Fsp3) is 0.133. The van der Waals surface area contributed by atoms with Crippen molar-refractivity contribution in [2.45, 2.75) is 6.92 Å². The number of fused-ring (bicyclic) bond motifs is 1. The Bertz CT molecular complexity index is 908. The number of hydrogen-bond acceptors (Lipinski definition) is 3. The molecule has 7 heteroatoms. The van der Waals surface area contributed by atoms with Crippen molar-refractivity contribution < 1.29 is 14.3 Å². The van der Waals surface area contributed by atoms with Gasteiger partial charge in [-0.1, -0.05) is 0 Å². The van der Waals surface area contributed by atoms with Crippen molar-refractivity contribution >= 4 is 23.1 Å². The topological polar surface area (TPSA) is 72.9 Å². The number of pyridine rings is 1. The summed E-state index contributed by atoms with van der Waals surface area (Å²) >= 11 is 0. The molecule has 3 rings (SSSR count). The molecule has 0 unspecified atom stereocenters. The molecule has 0 aliphatic carbocycles. The molecule has 0 bridgehead atoms. The van der Waals surface area contributed by atoms with Gasteiger partial charge >= 0.3 is 5.97 Å². The van der Waals surface area contributed by atoms with Crippen molar-refractivity contribution in [2.75, 3.05) is 0 Å². The van der Waals surface area contributed by atoms with Crippen LogP contribution in [0.4, 0.5) is 4.39 Å². The van der Waals surface area contributed by atoms with Crippen LogP contribution in [0.25, 0.3) is 22.9 Å². The predicted molar refractivity (Wildman–Crippen MR) is 79.2 cm³/mol. The van der Waals surface area contributed by atoms with E-state index in [0.29, 0.717) is 28.1 Å². The van der Waals surface area contributed by atoms with E-state index in [1.807, 2.05) is 0 Å². The lowest BCUT2D eigenvalue weighted by Gasteiger charge is -2.07. The Morgan fingerprint density at radius 3 is 2.95 bits per heavy atom. The number of aryl methyl sites for hydroxylation is 2. The summed E-state index contributed by atoms with van der Waals surface area (Å²) in [5, 5.41) is 13.8. The second kappa shape index (κ2) is 5.10. The number of carbonyl (C=O) groups is 1. The summed E-state index contributed by atoms with van der Waals surface area (Å²) in [6.07, 6.45) is 5.46. The lowest BCUT2D eigenvalue weighted by molar-refractivity contribution is -0.131. The predicted octanol–water partition coefficient (Wildman–Crippen LogP) is 2.30. The highest BCUT2D eigenvalue weighted by molar-refractivity contribution is 5.87. The van der Waals surface area contributed by atoms with Crippen molar-refractivity contribution in [3.05, 3.63) is 47.7 Å². The van der Waals surface area contributed by atoms with Gasteiger partial charge in [-0.05, 0) is 25.1 Å². The monoisotopic (exact) mass is 300 g/mol. The van der Waals surface area contributed by atoms with E-state index in [2.05, 4.69) is 10.1 Å². The molecule has 0 fully saturated rings. The molecule has 0 aliphatic rings. The normalized spacial score (nSPS) is 11.6. The van der Waals surface area contributed by atoms with E-state index in [4.69, 9.17) is 5.11 Å². The van der Waals surface area contributed by atoms with Crippen LogP contribution in [0.2, 0.25) is 0 Å². The molecule has 6 nitrogen and oxygen atoms in total. The van der Waals surface area contributed by atoms with Gasteiger partial charge in [-0.25, -0.2) is 14.2 Å². The summed E-state index contributed by atoms with van der Waals surface area (Å²) in [5.41, 5.74) is 1.95. The highest BCUT2D eigenvalue weighted by Crippen LogP contribution is 2.24. The van der Waals surface area contributed by atoms with Gasteiger partial charge in [0.15, 0.2) is 0 Å². The molecule has 0 saturated carbocycles. The fourth-order valence-corrected chi connectivity index (χ4v) is 2.47. The maximum atomic E-state index is 13.3. The van der Waals surface area contributed by atoms with Crippen LogP contribution in [0.5, 0.6) is 0 Å². The molecule has 1 N–H and O–H groups in total. The van der Waals surface area contributed by atoms with Gasteiger partial charge in [-0.2, -0.15) is 5.10 Å². The van der Waals surface area contributed by atoms with Crippen molar-refractivity contribution in [1.82, 2.24) is 19.3 Å². The van der Waals surface area contributed by atoms with Crippen molar-refractivity contribution in [3.63, 3.8) is 0 Å². The van der Waals surface area contributed by atoms with Gasteiger partial charge in [0.05, 0.1) is 11.9 Å². The van der Waals surface area contributed by atoms with Crippen LogP contribution in [-0.4, -0.2) is 30.4 Å². The molecule has 0 amide bonds. The van der Waals surface area contributed by atoms with Crippen molar-refractivity contribution in [1.29, 1.82) is 0 Å². The highest BCUT2D eigenvalue weighted by atomic mass is 19.1. The first-order valence-corrected chi connectivity index (χ1v) is 6.55. The number of halogens is 1. The van der Waals surface area contributed by atoms with E-state index in [1.165, 1.54) is 12.1 Å². The highest BCUT2D eigenvalue weighted by Gasteiger charge is 2.15. The first-order valence-electron chi connectivity index (χ1n) is 6.55. The number of carboxylic acids is 1. The summed E-state index contributed by atoms with van der Waals surface area (Å²) in [4.78, 5) is 14.9. The second-order valence-electron chi connectivity index (χ2n) is 4.87. The van der Waals surface area contributed by atoms with Gasteiger partial charge in [0.25, 0.3) is 0 Å². The van der Waals surface area contributed by atoms with E-state index in [1.54, 1.807) is 35.5 Å². The third-order valence-electron chi connectivity index (χ3n) is 3.35. The fourth-order valence-electron chi connectivity index (χ4n) is 2.47. The minimum Gasteiger partial charge on any atom is -0.478 e. The Morgan fingerprint density at radius 2 is 2.23 bits per heavy atom. The van der Waals surface area contributed by atoms with E-state index in [0.717, 1.165) is 12.3 Å². The van der Waals surface area contributed by atoms with Gasteiger partial charge in [-0.15, -0.1) is 0 Å². The SMILES string of the molecule is Cc1nn(C)c(-n2ccc3cc(F)cnc32)c1/C=C/C(=O)O. The molecule has 0 aliphatic heterocycles. The standard InChI is InChI=1S/C15H13FN4O2/c1-9-12(3-4-13(21)22)15(19(2)18-9)20-6-5-10-7-11(16)8-17-14(10)20/h3-8H,1-2H3,(H,21,22)/b4-3+. The first-order chi connectivity index (χ1) is 10.5. The number of aromatic nitrogens is 4. The van der Waals surface area contributed by atoms with Crippen LogP contribution in [0.1, 0.15) is 11.3 Å². The number of carboxylic acid groups (broad SMARTS) is 1. The lowest BCUT2D eigenvalue weighted by Crippen LogP contribution is -2.04. The molecule has 3 aromatic heterocycles. The third kappa shape index (κ3) is 2.26. The smallest absolute Gasteiger partial charge is 0.328 e. The average molecular weight is 300 g/mol. The number of aliphatic carboxylic acids is 1. The Hall–Kier alpha value is -2.96. The molecule has 0 aromatic carbocycles.